The van der Waals surface area contributed by atoms with E-state index < -0.39 is 0 Å². The number of aromatic nitrogens is 3. The van der Waals surface area contributed by atoms with Crippen molar-refractivity contribution >= 4 is 27.4 Å². The molecule has 0 saturated heterocycles. The van der Waals surface area contributed by atoms with Crippen LogP contribution in [0.5, 0.6) is 0 Å². The minimum atomic E-state index is 0.248. The van der Waals surface area contributed by atoms with Crippen molar-refractivity contribution in [3.8, 4) is 11.3 Å². The standard InChI is InChI=1S/C17H14BrN3O/c18-13-8-6-11(7-9-13)14-2-1-3-17-19-16(20-21(14)17)10-15(22)12-4-5-12/h1-3,6-9,12H,4-5,10H2. The monoisotopic (exact) mass is 355 g/mol. The summed E-state index contributed by atoms with van der Waals surface area (Å²) < 4.78 is 2.86. The van der Waals surface area contributed by atoms with Gasteiger partial charge >= 0.3 is 0 Å². The summed E-state index contributed by atoms with van der Waals surface area (Å²) in [5.41, 5.74) is 2.82. The number of benzene rings is 1. The Morgan fingerprint density at radius 3 is 2.68 bits per heavy atom. The van der Waals surface area contributed by atoms with Gasteiger partial charge in [-0.25, -0.2) is 9.50 Å². The Bertz CT molecular complexity index is 850. The molecule has 5 heteroatoms. The van der Waals surface area contributed by atoms with Crippen LogP contribution in [0.2, 0.25) is 0 Å². The molecule has 3 aromatic rings. The Labute approximate surface area is 136 Å². The molecule has 1 aromatic carbocycles. The first-order valence-electron chi connectivity index (χ1n) is 7.34. The van der Waals surface area contributed by atoms with Crippen LogP contribution in [0.1, 0.15) is 18.7 Å². The summed E-state index contributed by atoms with van der Waals surface area (Å²) in [5.74, 6) is 1.13. The number of pyridine rings is 1. The maximum atomic E-state index is 11.9. The van der Waals surface area contributed by atoms with Gasteiger partial charge in [0, 0.05) is 16.0 Å². The fraction of sp³-hybridized carbons (Fsp3) is 0.235. The number of Topliss-reactive ketones (excluding diaryl/α,β-unsaturated/α-hetero) is 1. The lowest BCUT2D eigenvalue weighted by Crippen LogP contribution is -2.06. The normalized spacial score (nSPS) is 14.4. The first-order valence-corrected chi connectivity index (χ1v) is 8.13. The zero-order valence-electron chi connectivity index (χ0n) is 11.9. The van der Waals surface area contributed by atoms with Gasteiger partial charge in [0.1, 0.15) is 5.78 Å². The molecule has 0 radical (unpaired) electrons. The fourth-order valence-corrected chi connectivity index (χ4v) is 2.83. The summed E-state index contributed by atoms with van der Waals surface area (Å²) in [6, 6.07) is 14.0. The van der Waals surface area contributed by atoms with Gasteiger partial charge < -0.3 is 0 Å². The van der Waals surface area contributed by atoms with E-state index in [1.807, 2.05) is 47.0 Å². The van der Waals surface area contributed by atoms with Crippen molar-refractivity contribution in [1.29, 1.82) is 0 Å². The minimum Gasteiger partial charge on any atom is -0.299 e. The lowest BCUT2D eigenvalue weighted by Gasteiger charge is -2.04. The molecule has 0 spiro atoms. The van der Waals surface area contributed by atoms with Crippen molar-refractivity contribution in [1.82, 2.24) is 14.6 Å². The van der Waals surface area contributed by atoms with Crippen molar-refractivity contribution in [3.05, 3.63) is 52.8 Å². The highest BCUT2D eigenvalue weighted by molar-refractivity contribution is 9.10. The average Bonchev–Trinajstić information content (AvgIpc) is 3.28. The SMILES string of the molecule is O=C(Cc1nc2cccc(-c3ccc(Br)cc3)n2n1)C1CC1. The van der Waals surface area contributed by atoms with Gasteiger partial charge in [-0.05, 0) is 37.1 Å². The highest BCUT2D eigenvalue weighted by Crippen LogP contribution is 2.30. The van der Waals surface area contributed by atoms with Crippen molar-refractivity contribution in [2.75, 3.05) is 0 Å². The van der Waals surface area contributed by atoms with Gasteiger partial charge in [-0.2, -0.15) is 5.10 Å². The number of fused-ring (bicyclic) bond motifs is 1. The molecule has 0 atom stereocenters. The predicted molar refractivity (Wildman–Crippen MR) is 87.6 cm³/mol. The van der Waals surface area contributed by atoms with Gasteiger partial charge in [-0.1, -0.05) is 34.1 Å². The van der Waals surface area contributed by atoms with Crippen LogP contribution in [0.3, 0.4) is 0 Å². The average molecular weight is 356 g/mol. The number of hydrogen-bond donors (Lipinski definition) is 0. The van der Waals surface area contributed by atoms with Crippen LogP contribution >= 0.6 is 15.9 Å². The number of hydrogen-bond acceptors (Lipinski definition) is 3. The molecule has 2 heterocycles. The number of rotatable bonds is 4. The Morgan fingerprint density at radius 2 is 1.95 bits per heavy atom. The highest BCUT2D eigenvalue weighted by atomic mass is 79.9. The van der Waals surface area contributed by atoms with Gasteiger partial charge in [0.15, 0.2) is 11.5 Å². The van der Waals surface area contributed by atoms with Crippen LogP contribution in [0.15, 0.2) is 46.9 Å². The van der Waals surface area contributed by atoms with E-state index in [1.165, 1.54) is 0 Å². The first-order chi connectivity index (χ1) is 10.7. The molecule has 1 aliphatic carbocycles. The summed E-state index contributed by atoms with van der Waals surface area (Å²) >= 11 is 3.45. The zero-order chi connectivity index (χ0) is 15.1. The Balaban J connectivity index is 1.74. The summed E-state index contributed by atoms with van der Waals surface area (Å²) in [5, 5.41) is 4.53. The molecular formula is C17H14BrN3O. The molecule has 4 rings (SSSR count). The molecule has 2 aromatic heterocycles. The Morgan fingerprint density at radius 1 is 1.18 bits per heavy atom. The Hall–Kier alpha value is -2.01. The molecule has 0 aliphatic heterocycles. The van der Waals surface area contributed by atoms with Crippen LogP contribution in [0, 0.1) is 5.92 Å². The first kappa shape index (κ1) is 13.6. The molecule has 22 heavy (non-hydrogen) atoms. The molecule has 1 aliphatic rings. The maximum Gasteiger partial charge on any atom is 0.159 e. The fourth-order valence-electron chi connectivity index (χ4n) is 2.57. The van der Waals surface area contributed by atoms with Crippen molar-refractivity contribution in [2.24, 2.45) is 5.92 Å². The van der Waals surface area contributed by atoms with E-state index in [0.29, 0.717) is 12.2 Å². The van der Waals surface area contributed by atoms with Crippen LogP contribution in [-0.2, 0) is 11.2 Å². The van der Waals surface area contributed by atoms with Crippen LogP contribution in [0.4, 0.5) is 0 Å². The lowest BCUT2D eigenvalue weighted by molar-refractivity contribution is -0.119. The van der Waals surface area contributed by atoms with Crippen molar-refractivity contribution < 1.29 is 4.79 Å². The van der Waals surface area contributed by atoms with E-state index in [0.717, 1.165) is 34.2 Å². The van der Waals surface area contributed by atoms with E-state index in [2.05, 4.69) is 26.0 Å². The zero-order valence-corrected chi connectivity index (χ0v) is 13.5. The minimum absolute atomic E-state index is 0.248. The van der Waals surface area contributed by atoms with Gasteiger partial charge in [0.2, 0.25) is 0 Å². The van der Waals surface area contributed by atoms with E-state index in [4.69, 9.17) is 0 Å². The molecule has 0 unspecified atom stereocenters. The quantitative estimate of drug-likeness (QED) is 0.717. The molecule has 1 saturated carbocycles. The number of carbonyl (C=O) groups is 1. The third kappa shape index (κ3) is 2.57. The second kappa shape index (κ2) is 5.32. The van der Waals surface area contributed by atoms with E-state index in [1.54, 1.807) is 0 Å². The third-order valence-electron chi connectivity index (χ3n) is 3.91. The van der Waals surface area contributed by atoms with Gasteiger partial charge in [0.25, 0.3) is 0 Å². The van der Waals surface area contributed by atoms with Crippen LogP contribution in [0.25, 0.3) is 16.9 Å². The van der Waals surface area contributed by atoms with Crippen molar-refractivity contribution in [3.63, 3.8) is 0 Å². The summed E-state index contributed by atoms with van der Waals surface area (Å²) in [7, 11) is 0. The van der Waals surface area contributed by atoms with E-state index in [9.17, 15) is 4.79 Å². The summed E-state index contributed by atoms with van der Waals surface area (Å²) in [6.45, 7) is 0. The molecule has 1 fully saturated rings. The van der Waals surface area contributed by atoms with Gasteiger partial charge in [-0.3, -0.25) is 4.79 Å². The van der Waals surface area contributed by atoms with Crippen LogP contribution < -0.4 is 0 Å². The molecule has 0 bridgehead atoms. The number of carbonyl (C=O) groups excluding carboxylic acids is 1. The summed E-state index contributed by atoms with van der Waals surface area (Å²) in [6.07, 6.45) is 2.39. The maximum absolute atomic E-state index is 11.9. The topological polar surface area (TPSA) is 47.3 Å². The third-order valence-corrected chi connectivity index (χ3v) is 4.44. The van der Waals surface area contributed by atoms with Crippen LogP contribution in [-0.4, -0.2) is 20.4 Å². The number of halogens is 1. The number of nitrogens with zero attached hydrogens (tertiary/aromatic N) is 3. The molecule has 0 amide bonds. The summed E-state index contributed by atoms with van der Waals surface area (Å²) in [4.78, 5) is 16.4. The predicted octanol–water partition coefficient (Wildman–Crippen LogP) is 3.68. The largest absolute Gasteiger partial charge is 0.299 e. The highest BCUT2D eigenvalue weighted by Gasteiger charge is 2.30. The van der Waals surface area contributed by atoms with E-state index >= 15 is 0 Å². The molecule has 0 N–H and O–H groups in total. The number of ketones is 1. The van der Waals surface area contributed by atoms with Crippen molar-refractivity contribution in [2.45, 2.75) is 19.3 Å². The van der Waals surface area contributed by atoms with Gasteiger partial charge in [0.05, 0.1) is 12.1 Å². The molecule has 110 valence electrons. The van der Waals surface area contributed by atoms with E-state index in [-0.39, 0.29) is 11.7 Å². The lowest BCUT2D eigenvalue weighted by atomic mass is 10.1. The Kier molecular flexibility index (Phi) is 3.30. The second-order valence-corrected chi connectivity index (χ2v) is 6.55. The molecular weight excluding hydrogens is 342 g/mol. The second-order valence-electron chi connectivity index (χ2n) is 5.63. The van der Waals surface area contributed by atoms with Gasteiger partial charge in [-0.15, -0.1) is 0 Å². The molecule has 4 nitrogen and oxygen atoms in total. The smallest absolute Gasteiger partial charge is 0.159 e.